The number of amides is 2. The highest BCUT2D eigenvalue weighted by Crippen LogP contribution is 2.28. The monoisotopic (exact) mass is 455 g/mol. The molecule has 3 atom stereocenters. The molecule has 0 radical (unpaired) electrons. The minimum absolute atomic E-state index is 0.197. The highest BCUT2D eigenvalue weighted by Gasteiger charge is 2.42. The zero-order chi connectivity index (χ0) is 24.1. The van der Waals surface area contributed by atoms with Crippen LogP contribution >= 0.6 is 0 Å². The zero-order valence-electron chi connectivity index (χ0n) is 20.8. The van der Waals surface area contributed by atoms with Crippen molar-refractivity contribution in [1.29, 1.82) is 0 Å². The van der Waals surface area contributed by atoms with Crippen LogP contribution in [0.2, 0.25) is 0 Å². The van der Waals surface area contributed by atoms with Crippen molar-refractivity contribution in [1.82, 2.24) is 4.90 Å². The number of rotatable bonds is 3. The maximum Gasteiger partial charge on any atom is 0.420 e. The molecule has 0 aromatic heterocycles. The third-order valence-electron chi connectivity index (χ3n) is 5.48. The van der Waals surface area contributed by atoms with Crippen molar-refractivity contribution in [2.45, 2.75) is 135 Å². The molecule has 8 nitrogen and oxygen atoms in total. The third kappa shape index (κ3) is 8.26. The van der Waals surface area contributed by atoms with Gasteiger partial charge in [-0.25, -0.2) is 14.4 Å². The Hall–Kier alpha value is -1.83. The van der Waals surface area contributed by atoms with E-state index in [1.54, 1.807) is 41.5 Å². The molecule has 8 heteroatoms. The van der Waals surface area contributed by atoms with Crippen LogP contribution in [0.25, 0.3) is 0 Å². The first kappa shape index (κ1) is 26.4. The Bertz CT molecular complexity index is 630. The fraction of sp³-hybridized carbons (Fsp3) is 0.875. The van der Waals surface area contributed by atoms with E-state index < -0.39 is 41.5 Å². The van der Waals surface area contributed by atoms with Crippen molar-refractivity contribution in [3.63, 3.8) is 0 Å². The third-order valence-corrected chi connectivity index (χ3v) is 5.48. The van der Waals surface area contributed by atoms with Gasteiger partial charge in [0, 0.05) is 0 Å². The maximum atomic E-state index is 13.2. The van der Waals surface area contributed by atoms with Gasteiger partial charge < -0.3 is 18.9 Å². The van der Waals surface area contributed by atoms with E-state index in [0.717, 1.165) is 43.4 Å². The minimum Gasteiger partial charge on any atom is -0.458 e. The molecule has 2 aliphatic rings. The lowest BCUT2D eigenvalue weighted by molar-refractivity contribution is -0.164. The van der Waals surface area contributed by atoms with E-state index in [1.807, 2.05) is 6.92 Å². The average Bonchev–Trinajstić information content (AvgIpc) is 3.13. The van der Waals surface area contributed by atoms with Crippen molar-refractivity contribution < 1.29 is 33.3 Å². The van der Waals surface area contributed by atoms with Crippen molar-refractivity contribution in [3.05, 3.63) is 0 Å². The molecule has 0 aromatic rings. The van der Waals surface area contributed by atoms with Crippen molar-refractivity contribution in [2.75, 3.05) is 0 Å². The van der Waals surface area contributed by atoms with Gasteiger partial charge >= 0.3 is 18.2 Å². The molecular weight excluding hydrogens is 414 g/mol. The van der Waals surface area contributed by atoms with E-state index in [1.165, 1.54) is 0 Å². The number of ether oxygens (including phenoxy) is 4. The number of hydrogen-bond donors (Lipinski definition) is 0. The number of hydrogen-bond acceptors (Lipinski definition) is 7. The molecule has 2 amide bonds. The van der Waals surface area contributed by atoms with Crippen molar-refractivity contribution >= 4 is 18.2 Å². The summed E-state index contributed by atoms with van der Waals surface area (Å²) in [5.74, 6) is -0.642. The van der Waals surface area contributed by atoms with Gasteiger partial charge in [-0.2, -0.15) is 4.90 Å². The highest BCUT2D eigenvalue weighted by molar-refractivity contribution is 5.94. The molecular formula is C24H41NO7. The second-order valence-electron chi connectivity index (χ2n) is 10.9. The first-order valence-corrected chi connectivity index (χ1v) is 11.9. The van der Waals surface area contributed by atoms with Gasteiger partial charge in [0.05, 0.1) is 12.2 Å². The van der Waals surface area contributed by atoms with Crippen molar-refractivity contribution in [3.8, 4) is 0 Å². The molecule has 184 valence electrons. The summed E-state index contributed by atoms with van der Waals surface area (Å²) in [7, 11) is 0. The minimum atomic E-state index is -1.12. The van der Waals surface area contributed by atoms with E-state index in [0.29, 0.717) is 6.42 Å². The van der Waals surface area contributed by atoms with Gasteiger partial charge in [0.2, 0.25) is 0 Å². The summed E-state index contributed by atoms with van der Waals surface area (Å²) in [4.78, 5) is 39.9. The Balaban J connectivity index is 2.22. The number of nitrogens with zero attached hydrogens (tertiary/aromatic N) is 1. The number of carbonyl (C=O) groups is 3. The summed E-state index contributed by atoms with van der Waals surface area (Å²) in [6.07, 6.45) is 4.55. The molecule has 1 aliphatic carbocycles. The van der Waals surface area contributed by atoms with Gasteiger partial charge in [-0.05, 0) is 74.1 Å². The lowest BCUT2D eigenvalue weighted by atomic mass is 10.0. The van der Waals surface area contributed by atoms with Crippen LogP contribution in [0.15, 0.2) is 0 Å². The Labute approximate surface area is 192 Å². The molecule has 1 heterocycles. The summed E-state index contributed by atoms with van der Waals surface area (Å²) >= 11 is 0. The van der Waals surface area contributed by atoms with Gasteiger partial charge in [0.15, 0.2) is 0 Å². The van der Waals surface area contributed by atoms with Gasteiger partial charge in [-0.3, -0.25) is 0 Å². The number of carbonyl (C=O) groups excluding carboxylic acids is 3. The topological polar surface area (TPSA) is 91.4 Å². The fourth-order valence-electron chi connectivity index (χ4n) is 4.01. The average molecular weight is 456 g/mol. The van der Waals surface area contributed by atoms with Crippen LogP contribution < -0.4 is 0 Å². The number of esters is 1. The molecule has 2 fully saturated rings. The van der Waals surface area contributed by atoms with Crippen LogP contribution in [-0.4, -0.2) is 58.6 Å². The molecule has 1 aliphatic heterocycles. The van der Waals surface area contributed by atoms with Crippen molar-refractivity contribution in [2.24, 2.45) is 0 Å². The Morgan fingerprint density at radius 1 is 0.844 bits per heavy atom. The second kappa shape index (κ2) is 10.9. The van der Waals surface area contributed by atoms with Crippen LogP contribution in [0.3, 0.4) is 0 Å². The molecule has 1 saturated heterocycles. The largest absolute Gasteiger partial charge is 0.458 e. The molecule has 0 aromatic carbocycles. The number of cyclic esters (lactones) is 1. The van der Waals surface area contributed by atoms with Gasteiger partial charge in [0.1, 0.15) is 23.3 Å². The summed E-state index contributed by atoms with van der Waals surface area (Å²) in [6.45, 7) is 12.0. The number of imide groups is 1. The fourth-order valence-corrected chi connectivity index (χ4v) is 4.01. The highest BCUT2D eigenvalue weighted by atomic mass is 16.6. The van der Waals surface area contributed by atoms with Crippen LogP contribution in [0.4, 0.5) is 9.59 Å². The lowest BCUT2D eigenvalue weighted by Gasteiger charge is -2.33. The standard InChI is InChI=1S/C24H41NO7/c1-16-19(30-17-12-8-9-13-17)15-11-10-14-18(20(26)29-16)25(21(27)31-23(2,3)4)22(28)32-24(5,6)7/h16-19H,8-15H2,1-7H3/t16-,18-,19+/m0/s1. The van der Waals surface area contributed by atoms with Crippen LogP contribution in [0.1, 0.15) is 99.8 Å². The molecule has 0 spiro atoms. The SMILES string of the molecule is C[C@@H]1OC(=O)[C@@H](N(C(=O)OC(C)(C)C)C(=O)OC(C)(C)C)CCCC[C@H]1OC1CCCC1. The summed E-state index contributed by atoms with van der Waals surface area (Å²) in [5, 5.41) is 0. The maximum absolute atomic E-state index is 13.2. The summed E-state index contributed by atoms with van der Waals surface area (Å²) in [6, 6.07) is -1.12. The smallest absolute Gasteiger partial charge is 0.420 e. The molecule has 1 saturated carbocycles. The van der Waals surface area contributed by atoms with Gasteiger partial charge in [0.25, 0.3) is 0 Å². The van der Waals surface area contributed by atoms with E-state index >= 15 is 0 Å². The van der Waals surface area contributed by atoms with E-state index in [2.05, 4.69) is 0 Å². The second-order valence-corrected chi connectivity index (χ2v) is 10.9. The first-order chi connectivity index (χ1) is 14.8. The van der Waals surface area contributed by atoms with Crippen LogP contribution in [0, 0.1) is 0 Å². The van der Waals surface area contributed by atoms with Gasteiger partial charge in [-0.1, -0.05) is 25.7 Å². The normalized spacial score (nSPS) is 25.8. The summed E-state index contributed by atoms with van der Waals surface area (Å²) in [5.41, 5.74) is -1.68. The Kier molecular flexibility index (Phi) is 8.97. The van der Waals surface area contributed by atoms with E-state index in [4.69, 9.17) is 18.9 Å². The molecule has 2 rings (SSSR count). The predicted octanol–water partition coefficient (Wildman–Crippen LogP) is 5.36. The van der Waals surface area contributed by atoms with Crippen LogP contribution in [0.5, 0.6) is 0 Å². The van der Waals surface area contributed by atoms with E-state index in [-0.39, 0.29) is 18.6 Å². The molecule has 0 N–H and O–H groups in total. The molecule has 0 bridgehead atoms. The molecule has 0 unspecified atom stereocenters. The Morgan fingerprint density at radius 3 is 1.81 bits per heavy atom. The lowest BCUT2D eigenvalue weighted by Crippen LogP contribution is -2.53. The predicted molar refractivity (Wildman–Crippen MR) is 119 cm³/mol. The Morgan fingerprint density at radius 2 is 1.31 bits per heavy atom. The zero-order valence-corrected chi connectivity index (χ0v) is 20.8. The first-order valence-electron chi connectivity index (χ1n) is 11.9. The molecule has 32 heavy (non-hydrogen) atoms. The summed E-state index contributed by atoms with van der Waals surface area (Å²) < 4.78 is 22.8. The quantitative estimate of drug-likeness (QED) is 0.418. The van der Waals surface area contributed by atoms with Crippen LogP contribution in [-0.2, 0) is 23.7 Å². The van der Waals surface area contributed by atoms with Gasteiger partial charge in [-0.15, -0.1) is 0 Å². The van der Waals surface area contributed by atoms with E-state index in [9.17, 15) is 14.4 Å².